The van der Waals surface area contributed by atoms with Crippen LogP contribution in [-0.2, 0) is 9.53 Å². The second-order valence-corrected chi connectivity index (χ2v) is 7.08. The Balaban J connectivity index is 1.68. The van der Waals surface area contributed by atoms with E-state index in [4.69, 9.17) is 25.8 Å². The van der Waals surface area contributed by atoms with Crippen LogP contribution in [0.25, 0.3) is 0 Å². The van der Waals surface area contributed by atoms with Gasteiger partial charge in [-0.25, -0.2) is 0 Å². The van der Waals surface area contributed by atoms with Crippen molar-refractivity contribution in [2.24, 2.45) is 5.92 Å². The number of esters is 1. The number of nitrogens with one attached hydrogen (secondary N) is 1. The van der Waals surface area contributed by atoms with Gasteiger partial charge in [0.05, 0.1) is 18.6 Å². The average Bonchev–Trinajstić information content (AvgIpc) is 3.56. The maximum Gasteiger partial charge on any atom is 0.325 e. The van der Waals surface area contributed by atoms with Crippen LogP contribution in [0.2, 0.25) is 5.02 Å². The first kappa shape index (κ1) is 21.4. The largest absolute Gasteiger partial charge is 0.493 e. The molecule has 0 bridgehead atoms. The van der Waals surface area contributed by atoms with Crippen LogP contribution in [0.3, 0.4) is 0 Å². The lowest BCUT2D eigenvalue weighted by Gasteiger charge is -2.12. The molecule has 0 unspecified atom stereocenters. The average molecular weight is 435 g/mol. The summed E-state index contributed by atoms with van der Waals surface area (Å²) in [5, 5.41) is 13.9. The predicted molar refractivity (Wildman–Crippen MR) is 107 cm³/mol. The van der Waals surface area contributed by atoms with E-state index in [9.17, 15) is 19.7 Å². The molecule has 1 aliphatic rings. The minimum Gasteiger partial charge on any atom is -0.493 e. The highest BCUT2D eigenvalue weighted by molar-refractivity contribution is 6.30. The van der Waals surface area contributed by atoms with Gasteiger partial charge in [0.25, 0.3) is 5.91 Å². The van der Waals surface area contributed by atoms with Gasteiger partial charge in [-0.1, -0.05) is 11.6 Å². The van der Waals surface area contributed by atoms with Gasteiger partial charge in [0.2, 0.25) is 5.75 Å². The molecule has 0 heterocycles. The Hall–Kier alpha value is -3.33. The predicted octanol–water partition coefficient (Wildman–Crippen LogP) is 3.73. The number of carbonyl (C=O) groups excluding carboxylic acids is 2. The molecule has 1 N–H and O–H groups in total. The Morgan fingerprint density at radius 3 is 2.57 bits per heavy atom. The number of nitrogens with zero attached hydrogens (tertiary/aromatic N) is 1. The molecule has 158 valence electrons. The summed E-state index contributed by atoms with van der Waals surface area (Å²) in [4.78, 5) is 34.6. The first-order chi connectivity index (χ1) is 14.4. The van der Waals surface area contributed by atoms with E-state index in [0.717, 1.165) is 12.8 Å². The lowest BCUT2D eigenvalue weighted by atomic mass is 10.2. The Labute approximate surface area is 177 Å². The van der Waals surface area contributed by atoms with Crippen LogP contribution in [0, 0.1) is 16.0 Å². The number of amides is 1. The van der Waals surface area contributed by atoms with Crippen molar-refractivity contribution in [3.63, 3.8) is 0 Å². The van der Waals surface area contributed by atoms with Crippen molar-refractivity contribution >= 4 is 29.2 Å². The molecule has 0 radical (unpaired) electrons. The van der Waals surface area contributed by atoms with Crippen molar-refractivity contribution < 1.29 is 28.7 Å². The number of halogens is 1. The maximum absolute atomic E-state index is 12.3. The highest BCUT2D eigenvalue weighted by Gasteiger charge is 2.23. The molecule has 1 amide bonds. The first-order valence-corrected chi connectivity index (χ1v) is 9.49. The molecule has 0 atom stereocenters. The molecular weight excluding hydrogens is 416 g/mol. The van der Waals surface area contributed by atoms with Gasteiger partial charge in [-0.3, -0.25) is 19.7 Å². The number of hydrogen-bond acceptors (Lipinski definition) is 7. The third-order valence-corrected chi connectivity index (χ3v) is 4.57. The summed E-state index contributed by atoms with van der Waals surface area (Å²) in [5.74, 6) is -0.235. The third kappa shape index (κ3) is 5.60. The molecule has 1 saturated carbocycles. The molecule has 0 spiro atoms. The minimum absolute atomic E-state index is 0.0293. The number of nitro benzene ring substituents is 1. The summed E-state index contributed by atoms with van der Waals surface area (Å²) in [5.41, 5.74) is -0.0871. The van der Waals surface area contributed by atoms with Gasteiger partial charge < -0.3 is 19.5 Å². The monoisotopic (exact) mass is 434 g/mol. The van der Waals surface area contributed by atoms with Crippen LogP contribution in [0.1, 0.15) is 23.2 Å². The van der Waals surface area contributed by atoms with E-state index in [2.05, 4.69) is 5.32 Å². The van der Waals surface area contributed by atoms with E-state index in [0.29, 0.717) is 12.5 Å². The molecule has 3 rings (SSSR count). The van der Waals surface area contributed by atoms with E-state index in [1.54, 1.807) is 0 Å². The number of benzene rings is 2. The van der Waals surface area contributed by atoms with E-state index in [-0.39, 0.29) is 40.1 Å². The van der Waals surface area contributed by atoms with Crippen molar-refractivity contribution in [2.45, 2.75) is 12.8 Å². The Morgan fingerprint density at radius 2 is 1.90 bits per heavy atom. The molecule has 1 fully saturated rings. The van der Waals surface area contributed by atoms with Gasteiger partial charge in [-0.2, -0.15) is 0 Å². The van der Waals surface area contributed by atoms with Crippen molar-refractivity contribution in [2.75, 3.05) is 20.3 Å². The number of carbonyl (C=O) groups is 2. The summed E-state index contributed by atoms with van der Waals surface area (Å²) in [6, 6.07) is 8.30. The number of nitro groups is 1. The van der Waals surface area contributed by atoms with E-state index in [1.165, 1.54) is 43.5 Å². The van der Waals surface area contributed by atoms with Gasteiger partial charge in [0, 0.05) is 16.7 Å². The van der Waals surface area contributed by atoms with E-state index < -0.39 is 16.8 Å². The van der Waals surface area contributed by atoms with Gasteiger partial charge in [0.1, 0.15) is 6.54 Å². The van der Waals surface area contributed by atoms with Crippen LogP contribution in [0.5, 0.6) is 17.2 Å². The van der Waals surface area contributed by atoms with Crippen molar-refractivity contribution in [1.29, 1.82) is 0 Å². The zero-order valence-corrected chi connectivity index (χ0v) is 16.8. The summed E-state index contributed by atoms with van der Waals surface area (Å²) in [6.45, 7) is 0.133. The SMILES string of the molecule is COc1cc(C(=O)NCC(=O)OCC2CC2)ccc1Oc1ccc(Cl)cc1[N+](=O)[O-]. The number of methoxy groups -OCH3 is 1. The van der Waals surface area contributed by atoms with Crippen LogP contribution >= 0.6 is 11.6 Å². The Bertz CT molecular complexity index is 976. The number of hydrogen-bond donors (Lipinski definition) is 1. The van der Waals surface area contributed by atoms with Crippen molar-refractivity contribution in [3.8, 4) is 17.2 Å². The molecule has 1 aliphatic carbocycles. The Morgan fingerprint density at radius 1 is 1.17 bits per heavy atom. The zero-order chi connectivity index (χ0) is 21.7. The summed E-state index contributed by atoms with van der Waals surface area (Å²) >= 11 is 5.81. The fraction of sp³-hybridized carbons (Fsp3) is 0.300. The number of rotatable bonds is 9. The van der Waals surface area contributed by atoms with Gasteiger partial charge in [-0.15, -0.1) is 0 Å². The lowest BCUT2D eigenvalue weighted by molar-refractivity contribution is -0.385. The van der Waals surface area contributed by atoms with Crippen molar-refractivity contribution in [3.05, 3.63) is 57.1 Å². The molecule has 9 nitrogen and oxygen atoms in total. The number of ether oxygens (including phenoxy) is 3. The standard InChI is InChI=1S/C20H19ClN2O7/c1-28-18-8-13(20(25)22-10-19(24)29-11-12-2-3-12)4-6-17(18)30-16-7-5-14(21)9-15(16)23(26)27/h4-9,12H,2-3,10-11H2,1H3,(H,22,25). The summed E-state index contributed by atoms with van der Waals surface area (Å²) in [6.07, 6.45) is 2.13. The Kier molecular flexibility index (Phi) is 6.73. The normalized spacial score (nSPS) is 12.7. The molecule has 0 saturated heterocycles. The molecule has 0 aromatic heterocycles. The maximum atomic E-state index is 12.3. The van der Waals surface area contributed by atoms with Crippen LogP contribution in [0.15, 0.2) is 36.4 Å². The van der Waals surface area contributed by atoms with E-state index >= 15 is 0 Å². The van der Waals surface area contributed by atoms with Crippen LogP contribution in [0.4, 0.5) is 5.69 Å². The highest BCUT2D eigenvalue weighted by atomic mass is 35.5. The molecular formula is C20H19ClN2O7. The molecule has 2 aromatic rings. The zero-order valence-electron chi connectivity index (χ0n) is 16.1. The summed E-state index contributed by atoms with van der Waals surface area (Å²) in [7, 11) is 1.37. The highest BCUT2D eigenvalue weighted by Crippen LogP contribution is 2.37. The molecule has 0 aliphatic heterocycles. The topological polar surface area (TPSA) is 117 Å². The van der Waals surface area contributed by atoms with Crippen molar-refractivity contribution in [1.82, 2.24) is 5.32 Å². The quantitative estimate of drug-likeness (QED) is 0.363. The third-order valence-electron chi connectivity index (χ3n) is 4.33. The minimum atomic E-state index is -0.613. The smallest absolute Gasteiger partial charge is 0.325 e. The lowest BCUT2D eigenvalue weighted by Crippen LogP contribution is -2.30. The molecule has 2 aromatic carbocycles. The van der Waals surface area contributed by atoms with Gasteiger partial charge >= 0.3 is 11.7 Å². The van der Waals surface area contributed by atoms with Gasteiger partial charge in [-0.05, 0) is 49.1 Å². The van der Waals surface area contributed by atoms with E-state index in [1.807, 2.05) is 0 Å². The fourth-order valence-electron chi connectivity index (χ4n) is 2.53. The second kappa shape index (κ2) is 9.45. The van der Waals surface area contributed by atoms with Crippen LogP contribution < -0.4 is 14.8 Å². The molecule has 30 heavy (non-hydrogen) atoms. The molecule has 10 heteroatoms. The van der Waals surface area contributed by atoms with Gasteiger partial charge in [0.15, 0.2) is 11.5 Å². The fourth-order valence-corrected chi connectivity index (χ4v) is 2.70. The second-order valence-electron chi connectivity index (χ2n) is 6.65. The summed E-state index contributed by atoms with van der Waals surface area (Å²) < 4.78 is 15.9. The van der Waals surface area contributed by atoms with Crippen LogP contribution in [-0.4, -0.2) is 37.1 Å². The first-order valence-electron chi connectivity index (χ1n) is 9.11.